The smallest absolute Gasteiger partial charge is 0.108 e. The predicted molar refractivity (Wildman–Crippen MR) is 81.8 cm³/mol. The molecular weight excluding hydrogens is 248 g/mol. The fourth-order valence-electron chi connectivity index (χ4n) is 2.39. The largest absolute Gasteiger partial charge is 0.469 e. The van der Waals surface area contributed by atoms with Gasteiger partial charge in [-0.25, -0.2) is 0 Å². The van der Waals surface area contributed by atoms with Crippen LogP contribution in [0, 0.1) is 6.92 Å². The highest BCUT2D eigenvalue weighted by Crippen LogP contribution is 2.23. The predicted octanol–water partition coefficient (Wildman–Crippen LogP) is 3.83. The summed E-state index contributed by atoms with van der Waals surface area (Å²) < 4.78 is 5.57. The van der Waals surface area contributed by atoms with E-state index in [9.17, 15) is 0 Å². The highest BCUT2D eigenvalue weighted by atomic mass is 16.3. The number of rotatable bonds is 7. The molecule has 0 aromatic carbocycles. The Balaban J connectivity index is 2.17. The molecule has 0 radical (unpaired) electrons. The monoisotopic (exact) mass is 272 g/mol. The van der Waals surface area contributed by atoms with E-state index in [1.54, 1.807) is 6.26 Å². The molecule has 1 unspecified atom stereocenters. The number of hydrogen-bond donors (Lipinski definition) is 1. The van der Waals surface area contributed by atoms with Gasteiger partial charge in [-0.3, -0.25) is 4.98 Å². The Morgan fingerprint density at radius 3 is 2.75 bits per heavy atom. The molecule has 20 heavy (non-hydrogen) atoms. The first kappa shape index (κ1) is 14.8. The van der Waals surface area contributed by atoms with E-state index in [1.165, 1.54) is 11.1 Å². The van der Waals surface area contributed by atoms with Gasteiger partial charge in [0.1, 0.15) is 5.76 Å². The Bertz CT molecular complexity index is 516. The molecule has 3 heteroatoms. The van der Waals surface area contributed by atoms with Crippen molar-refractivity contribution >= 4 is 0 Å². The molecule has 0 bridgehead atoms. The third-order valence-electron chi connectivity index (χ3n) is 3.50. The Kier molecular flexibility index (Phi) is 5.36. The fraction of sp³-hybridized carbons (Fsp3) is 0.471. The van der Waals surface area contributed by atoms with Crippen molar-refractivity contribution in [1.29, 1.82) is 0 Å². The van der Waals surface area contributed by atoms with E-state index in [0.29, 0.717) is 0 Å². The molecule has 0 fully saturated rings. The minimum atomic E-state index is 0.277. The second kappa shape index (κ2) is 7.25. The van der Waals surface area contributed by atoms with Crippen molar-refractivity contribution in [1.82, 2.24) is 10.3 Å². The molecule has 0 aliphatic carbocycles. The van der Waals surface area contributed by atoms with E-state index in [0.717, 1.165) is 37.3 Å². The van der Waals surface area contributed by atoms with Crippen LogP contribution in [0.3, 0.4) is 0 Å². The van der Waals surface area contributed by atoms with Gasteiger partial charge in [0.25, 0.3) is 0 Å². The van der Waals surface area contributed by atoms with Crippen LogP contribution in [0.1, 0.15) is 48.9 Å². The van der Waals surface area contributed by atoms with Gasteiger partial charge in [0.05, 0.1) is 6.26 Å². The molecule has 108 valence electrons. The van der Waals surface area contributed by atoms with Gasteiger partial charge < -0.3 is 9.73 Å². The summed E-state index contributed by atoms with van der Waals surface area (Å²) in [6.45, 7) is 7.38. The topological polar surface area (TPSA) is 38.1 Å². The first-order valence-corrected chi connectivity index (χ1v) is 7.45. The van der Waals surface area contributed by atoms with E-state index < -0.39 is 0 Å². The van der Waals surface area contributed by atoms with Crippen LogP contribution in [0.5, 0.6) is 0 Å². The van der Waals surface area contributed by atoms with Gasteiger partial charge in [0.15, 0.2) is 0 Å². The first-order chi connectivity index (χ1) is 9.74. The van der Waals surface area contributed by atoms with Crippen LogP contribution < -0.4 is 5.32 Å². The van der Waals surface area contributed by atoms with Gasteiger partial charge in [-0.05, 0) is 37.6 Å². The van der Waals surface area contributed by atoms with Gasteiger partial charge in [0.2, 0.25) is 0 Å². The number of aryl methyl sites for hydroxylation is 2. The van der Waals surface area contributed by atoms with Gasteiger partial charge in [0, 0.05) is 36.3 Å². The summed E-state index contributed by atoms with van der Waals surface area (Å²) in [6.07, 6.45) is 6.66. The zero-order valence-corrected chi connectivity index (χ0v) is 12.6. The summed E-state index contributed by atoms with van der Waals surface area (Å²) in [5, 5.41) is 3.61. The summed E-state index contributed by atoms with van der Waals surface area (Å²) in [6, 6.07) is 6.59. The van der Waals surface area contributed by atoms with E-state index in [-0.39, 0.29) is 6.04 Å². The summed E-state index contributed by atoms with van der Waals surface area (Å²) in [7, 11) is 0. The molecule has 0 aliphatic heterocycles. The lowest BCUT2D eigenvalue weighted by atomic mass is 10.0. The lowest BCUT2D eigenvalue weighted by Gasteiger charge is -2.18. The molecule has 2 aromatic rings. The van der Waals surface area contributed by atoms with Crippen LogP contribution in [0.15, 0.2) is 35.1 Å². The van der Waals surface area contributed by atoms with Crippen LogP contribution in [0.25, 0.3) is 0 Å². The molecule has 0 spiro atoms. The number of hydrogen-bond acceptors (Lipinski definition) is 3. The maximum atomic E-state index is 5.57. The highest BCUT2D eigenvalue weighted by Gasteiger charge is 2.17. The van der Waals surface area contributed by atoms with E-state index in [2.05, 4.69) is 49.3 Å². The van der Waals surface area contributed by atoms with Crippen molar-refractivity contribution in [3.63, 3.8) is 0 Å². The molecule has 2 rings (SSSR count). The van der Waals surface area contributed by atoms with Gasteiger partial charge in [-0.2, -0.15) is 0 Å². The average Bonchev–Trinajstić information content (AvgIpc) is 2.94. The molecule has 2 heterocycles. The van der Waals surface area contributed by atoms with Crippen LogP contribution in [0.2, 0.25) is 0 Å². The lowest BCUT2D eigenvalue weighted by molar-refractivity contribution is 0.480. The molecule has 1 atom stereocenters. The zero-order valence-electron chi connectivity index (χ0n) is 12.6. The highest BCUT2D eigenvalue weighted by molar-refractivity contribution is 5.24. The van der Waals surface area contributed by atoms with Crippen molar-refractivity contribution < 1.29 is 4.42 Å². The maximum absolute atomic E-state index is 5.57. The van der Waals surface area contributed by atoms with Crippen molar-refractivity contribution in [2.75, 3.05) is 6.54 Å². The molecule has 0 saturated heterocycles. The molecule has 0 aliphatic rings. The van der Waals surface area contributed by atoms with E-state index in [1.807, 2.05) is 6.20 Å². The Morgan fingerprint density at radius 1 is 1.25 bits per heavy atom. The second-order valence-corrected chi connectivity index (χ2v) is 5.19. The minimum absolute atomic E-state index is 0.277. The van der Waals surface area contributed by atoms with Crippen molar-refractivity contribution in [2.45, 2.75) is 46.1 Å². The van der Waals surface area contributed by atoms with Crippen molar-refractivity contribution in [2.24, 2.45) is 0 Å². The maximum Gasteiger partial charge on any atom is 0.108 e. The summed E-state index contributed by atoms with van der Waals surface area (Å²) in [4.78, 5) is 4.52. The third-order valence-corrected chi connectivity index (χ3v) is 3.50. The summed E-state index contributed by atoms with van der Waals surface area (Å²) in [5.74, 6) is 1.07. The zero-order chi connectivity index (χ0) is 14.4. The molecule has 1 N–H and O–H groups in total. The quantitative estimate of drug-likeness (QED) is 0.832. The Hall–Kier alpha value is -1.61. The molecular formula is C17H24N2O. The second-order valence-electron chi connectivity index (χ2n) is 5.19. The van der Waals surface area contributed by atoms with Gasteiger partial charge in [-0.15, -0.1) is 0 Å². The number of pyridine rings is 1. The Labute approximate surface area is 121 Å². The SMILES string of the molecule is CCCNC(Cc1ccc(C)cn1)c1ccoc1CC. The molecule has 2 aromatic heterocycles. The normalized spacial score (nSPS) is 12.6. The van der Waals surface area contributed by atoms with Crippen LogP contribution in [0.4, 0.5) is 0 Å². The number of furan rings is 1. The molecule has 0 amide bonds. The first-order valence-electron chi connectivity index (χ1n) is 7.45. The van der Waals surface area contributed by atoms with Crippen molar-refractivity contribution in [3.8, 4) is 0 Å². The average molecular weight is 272 g/mol. The lowest BCUT2D eigenvalue weighted by Crippen LogP contribution is -2.24. The van der Waals surface area contributed by atoms with E-state index >= 15 is 0 Å². The van der Waals surface area contributed by atoms with Gasteiger partial charge >= 0.3 is 0 Å². The third kappa shape index (κ3) is 3.70. The van der Waals surface area contributed by atoms with E-state index in [4.69, 9.17) is 4.42 Å². The van der Waals surface area contributed by atoms with Crippen LogP contribution in [-0.4, -0.2) is 11.5 Å². The number of aromatic nitrogens is 1. The minimum Gasteiger partial charge on any atom is -0.469 e. The molecule has 3 nitrogen and oxygen atoms in total. The Morgan fingerprint density at radius 2 is 2.10 bits per heavy atom. The van der Waals surface area contributed by atoms with Crippen LogP contribution >= 0.6 is 0 Å². The number of nitrogens with zero attached hydrogens (tertiary/aromatic N) is 1. The molecule has 0 saturated carbocycles. The summed E-state index contributed by atoms with van der Waals surface area (Å²) in [5.41, 5.74) is 3.58. The van der Waals surface area contributed by atoms with Crippen molar-refractivity contribution in [3.05, 3.63) is 53.2 Å². The number of nitrogens with one attached hydrogen (secondary N) is 1. The fourth-order valence-corrected chi connectivity index (χ4v) is 2.39. The summed E-state index contributed by atoms with van der Waals surface area (Å²) >= 11 is 0. The van der Waals surface area contributed by atoms with Crippen LogP contribution in [-0.2, 0) is 12.8 Å². The van der Waals surface area contributed by atoms with Gasteiger partial charge in [-0.1, -0.05) is 19.9 Å². The standard InChI is InChI=1S/C17H24N2O/c1-4-9-18-16(15-8-10-20-17(15)5-2)11-14-7-6-13(3)12-19-14/h6-8,10,12,16,18H,4-5,9,11H2,1-3H3.